The summed E-state index contributed by atoms with van der Waals surface area (Å²) < 4.78 is 27.1. The predicted octanol–water partition coefficient (Wildman–Crippen LogP) is 7.70. The molecule has 0 aliphatic carbocycles. The van der Waals surface area contributed by atoms with Crippen molar-refractivity contribution in [3.63, 3.8) is 0 Å². The van der Waals surface area contributed by atoms with Gasteiger partial charge in [0, 0.05) is 15.0 Å². The fourth-order valence-corrected chi connectivity index (χ4v) is 11.8. The molecule has 0 unspecified atom stereocenters. The van der Waals surface area contributed by atoms with Crippen LogP contribution in [0.3, 0.4) is 0 Å². The van der Waals surface area contributed by atoms with Crippen molar-refractivity contribution in [2.75, 3.05) is 6.61 Å². The van der Waals surface area contributed by atoms with Gasteiger partial charge in [-0.1, -0.05) is 108 Å². The van der Waals surface area contributed by atoms with E-state index in [0.717, 1.165) is 10.5 Å². The van der Waals surface area contributed by atoms with Crippen LogP contribution in [0.1, 0.15) is 47.1 Å². The standard InChI is InChI=1S/C30H38O4SSi/c1-29(2,3)36(30(4,5)6)32-20-25-26(34-36)27(28(33-25)35-24-14-8-7-9-15-24)31-19-21-16-17-22-12-10-11-13-23(22)18-21/h7-18,25-28H,19-20H2,1-6H3/t25-,26-,27+,28-/m0/s1. The van der Waals surface area contributed by atoms with Crippen molar-refractivity contribution in [1.29, 1.82) is 0 Å². The summed E-state index contributed by atoms with van der Waals surface area (Å²) in [4.78, 5) is 1.16. The van der Waals surface area contributed by atoms with Gasteiger partial charge in [-0.05, 0) is 34.5 Å². The Labute approximate surface area is 220 Å². The second kappa shape index (κ2) is 9.90. The molecule has 2 aliphatic heterocycles. The molecule has 3 aromatic rings. The SMILES string of the molecule is CC(C)(C)[Si]1(C(C)(C)C)OC[C@@H]2O[C@@H](Sc3ccccc3)[C@H](OCc3ccc4ccccc4c3)[C@H]2O1. The van der Waals surface area contributed by atoms with Crippen LogP contribution in [0.2, 0.25) is 10.1 Å². The molecule has 0 bridgehead atoms. The molecule has 0 N–H and O–H groups in total. The summed E-state index contributed by atoms with van der Waals surface area (Å²) in [6, 6.07) is 25.4. The molecule has 0 spiro atoms. The number of ether oxygens (including phenoxy) is 2. The van der Waals surface area contributed by atoms with E-state index in [2.05, 4.69) is 108 Å². The van der Waals surface area contributed by atoms with Gasteiger partial charge in [0.1, 0.15) is 23.7 Å². The number of hydrogen-bond donors (Lipinski definition) is 0. The summed E-state index contributed by atoms with van der Waals surface area (Å²) >= 11 is 1.71. The molecule has 0 amide bonds. The van der Waals surface area contributed by atoms with Crippen LogP contribution < -0.4 is 0 Å². The first-order valence-corrected chi connectivity index (χ1v) is 15.6. The molecule has 36 heavy (non-hydrogen) atoms. The normalized spacial score (nSPS) is 26.2. The Bertz CT molecular complexity index is 1170. The lowest BCUT2D eigenvalue weighted by Crippen LogP contribution is -2.65. The maximum atomic E-state index is 7.12. The van der Waals surface area contributed by atoms with E-state index < -0.39 is 8.56 Å². The van der Waals surface area contributed by atoms with Crippen molar-refractivity contribution < 1.29 is 18.3 Å². The van der Waals surface area contributed by atoms with Crippen LogP contribution in [0.15, 0.2) is 77.7 Å². The molecular formula is C30H38O4SSi. The van der Waals surface area contributed by atoms with E-state index in [-0.39, 0.29) is 33.8 Å². The molecule has 2 saturated heterocycles. The van der Waals surface area contributed by atoms with Crippen LogP contribution in [-0.2, 0) is 24.9 Å². The first kappa shape index (κ1) is 26.0. The van der Waals surface area contributed by atoms with Gasteiger partial charge in [0.05, 0.1) is 13.2 Å². The van der Waals surface area contributed by atoms with Crippen LogP contribution in [-0.4, -0.2) is 38.9 Å². The lowest BCUT2D eigenvalue weighted by Gasteiger charge is -2.53. The zero-order valence-corrected chi connectivity index (χ0v) is 24.0. The number of hydrogen-bond acceptors (Lipinski definition) is 5. The molecule has 5 rings (SSSR count). The quantitative estimate of drug-likeness (QED) is 0.321. The van der Waals surface area contributed by atoms with Crippen LogP contribution in [0, 0.1) is 0 Å². The van der Waals surface area contributed by atoms with Crippen molar-refractivity contribution in [2.45, 2.75) is 86.9 Å². The second-order valence-corrected chi connectivity index (χ2v) is 17.9. The molecular weight excluding hydrogens is 484 g/mol. The fraction of sp³-hybridized carbons (Fsp3) is 0.467. The van der Waals surface area contributed by atoms with E-state index in [9.17, 15) is 0 Å². The average Bonchev–Trinajstić information content (AvgIpc) is 3.17. The van der Waals surface area contributed by atoms with E-state index in [4.69, 9.17) is 18.3 Å². The van der Waals surface area contributed by atoms with Gasteiger partial charge in [-0.15, -0.1) is 0 Å². The van der Waals surface area contributed by atoms with Crippen molar-refractivity contribution in [1.82, 2.24) is 0 Å². The fourth-order valence-electron chi connectivity index (χ4n) is 5.73. The third-order valence-corrected chi connectivity index (χ3v) is 13.5. The number of thioether (sulfide) groups is 1. The van der Waals surface area contributed by atoms with Gasteiger partial charge in [0.15, 0.2) is 0 Å². The molecule has 3 aromatic carbocycles. The van der Waals surface area contributed by atoms with E-state index in [1.165, 1.54) is 10.8 Å². The lowest BCUT2D eigenvalue weighted by molar-refractivity contribution is -0.0800. The van der Waals surface area contributed by atoms with Crippen LogP contribution in [0.25, 0.3) is 10.8 Å². The second-order valence-electron chi connectivity index (χ2n) is 11.9. The molecule has 192 valence electrons. The number of rotatable bonds is 5. The Morgan fingerprint density at radius 1 is 0.861 bits per heavy atom. The van der Waals surface area contributed by atoms with Crippen molar-refractivity contribution >= 4 is 31.1 Å². The van der Waals surface area contributed by atoms with Gasteiger partial charge >= 0.3 is 8.56 Å². The number of fused-ring (bicyclic) bond motifs is 2. The third kappa shape index (κ3) is 4.92. The Morgan fingerprint density at radius 2 is 1.53 bits per heavy atom. The third-order valence-electron chi connectivity index (χ3n) is 7.25. The Morgan fingerprint density at radius 3 is 2.22 bits per heavy atom. The minimum atomic E-state index is -2.65. The Balaban J connectivity index is 1.43. The van der Waals surface area contributed by atoms with E-state index in [1.54, 1.807) is 11.8 Å². The Kier molecular flexibility index (Phi) is 7.13. The van der Waals surface area contributed by atoms with Gasteiger partial charge in [-0.25, -0.2) is 0 Å². The average molecular weight is 523 g/mol. The van der Waals surface area contributed by atoms with Crippen molar-refractivity contribution in [3.8, 4) is 0 Å². The highest BCUT2D eigenvalue weighted by Gasteiger charge is 2.65. The maximum absolute atomic E-state index is 7.12. The molecule has 0 saturated carbocycles. The minimum Gasteiger partial charge on any atom is -0.391 e. The highest BCUT2D eigenvalue weighted by atomic mass is 32.2. The van der Waals surface area contributed by atoms with Gasteiger partial charge in [-0.2, -0.15) is 0 Å². The summed E-state index contributed by atoms with van der Waals surface area (Å²) in [5.41, 5.74) is 0.985. The molecule has 6 heteroatoms. The molecule has 2 heterocycles. The molecule has 0 aromatic heterocycles. The first-order valence-electron chi connectivity index (χ1n) is 12.9. The maximum Gasteiger partial charge on any atom is 0.349 e. The minimum absolute atomic E-state index is 0.0935. The highest BCUT2D eigenvalue weighted by molar-refractivity contribution is 7.99. The lowest BCUT2D eigenvalue weighted by atomic mass is 10.1. The first-order chi connectivity index (χ1) is 17.1. The molecule has 4 atom stereocenters. The topological polar surface area (TPSA) is 36.9 Å². The molecule has 2 aliphatic rings. The summed E-state index contributed by atoms with van der Waals surface area (Å²) in [6.07, 6.45) is -0.504. The number of benzene rings is 3. The summed E-state index contributed by atoms with van der Waals surface area (Å²) in [6.45, 7) is 14.6. The molecule has 4 nitrogen and oxygen atoms in total. The summed E-state index contributed by atoms with van der Waals surface area (Å²) in [7, 11) is -2.65. The van der Waals surface area contributed by atoms with Crippen LogP contribution in [0.4, 0.5) is 0 Å². The van der Waals surface area contributed by atoms with E-state index in [1.807, 2.05) is 6.07 Å². The van der Waals surface area contributed by atoms with E-state index >= 15 is 0 Å². The molecule has 0 radical (unpaired) electrons. The molecule has 2 fully saturated rings. The van der Waals surface area contributed by atoms with E-state index in [0.29, 0.717) is 13.2 Å². The van der Waals surface area contributed by atoms with Crippen molar-refractivity contribution in [3.05, 3.63) is 78.4 Å². The predicted molar refractivity (Wildman–Crippen MR) is 149 cm³/mol. The summed E-state index contributed by atoms with van der Waals surface area (Å²) in [5.74, 6) is 0. The zero-order chi connectivity index (χ0) is 25.6. The monoisotopic (exact) mass is 522 g/mol. The van der Waals surface area contributed by atoms with Crippen LogP contribution in [0.5, 0.6) is 0 Å². The zero-order valence-electron chi connectivity index (χ0n) is 22.2. The Hall–Kier alpha value is -1.67. The van der Waals surface area contributed by atoms with Gasteiger partial charge in [-0.3, -0.25) is 0 Å². The largest absolute Gasteiger partial charge is 0.391 e. The van der Waals surface area contributed by atoms with Gasteiger partial charge in [0.25, 0.3) is 0 Å². The van der Waals surface area contributed by atoms with Gasteiger partial charge < -0.3 is 18.3 Å². The van der Waals surface area contributed by atoms with Crippen LogP contribution >= 0.6 is 11.8 Å². The smallest absolute Gasteiger partial charge is 0.349 e. The van der Waals surface area contributed by atoms with Gasteiger partial charge in [0.2, 0.25) is 0 Å². The van der Waals surface area contributed by atoms with Crippen molar-refractivity contribution in [2.24, 2.45) is 0 Å². The highest BCUT2D eigenvalue weighted by Crippen LogP contribution is 2.56. The summed E-state index contributed by atoms with van der Waals surface area (Å²) in [5, 5.41) is 2.28.